The predicted molar refractivity (Wildman–Crippen MR) is 72.2 cm³/mol. The van der Waals surface area contributed by atoms with Gasteiger partial charge in [-0.05, 0) is 24.3 Å². The Bertz CT molecular complexity index is 480. The maximum Gasteiger partial charge on any atom is 0.153 e. The highest BCUT2D eigenvalue weighted by atomic mass is 32.2. The van der Waals surface area contributed by atoms with Crippen molar-refractivity contribution in [1.82, 2.24) is 0 Å². The largest absolute Gasteiger partial charge is 0.493 e. The highest BCUT2D eigenvalue weighted by molar-refractivity contribution is 7.91. The maximum absolute atomic E-state index is 11.2. The van der Waals surface area contributed by atoms with Gasteiger partial charge in [0, 0.05) is 11.3 Å². The van der Waals surface area contributed by atoms with Crippen molar-refractivity contribution in [1.29, 1.82) is 0 Å². The minimum Gasteiger partial charge on any atom is -0.493 e. The SMILES string of the molecule is CCS(=O)(=O)CCOc1ccc(C(N)=S)cc1. The molecule has 1 aromatic rings. The molecule has 1 aromatic carbocycles. The summed E-state index contributed by atoms with van der Waals surface area (Å²) in [5.74, 6) is 0.772. The molecular weight excluding hydrogens is 258 g/mol. The number of rotatable bonds is 6. The number of benzene rings is 1. The quantitative estimate of drug-likeness (QED) is 0.787. The first-order valence-corrected chi connectivity index (χ1v) is 7.40. The highest BCUT2D eigenvalue weighted by Gasteiger charge is 2.07. The summed E-state index contributed by atoms with van der Waals surface area (Å²) in [7, 11) is -2.98. The van der Waals surface area contributed by atoms with Crippen molar-refractivity contribution in [2.45, 2.75) is 6.92 Å². The summed E-state index contributed by atoms with van der Waals surface area (Å²) in [5, 5.41) is 0. The van der Waals surface area contributed by atoms with Crippen LogP contribution in [0.1, 0.15) is 12.5 Å². The van der Waals surface area contributed by atoms with Crippen molar-refractivity contribution in [3.63, 3.8) is 0 Å². The summed E-state index contributed by atoms with van der Waals surface area (Å²) in [6.45, 7) is 1.77. The zero-order valence-electron chi connectivity index (χ0n) is 9.55. The standard InChI is InChI=1S/C11H15NO3S2/c1-2-17(13,14)8-7-15-10-5-3-9(4-6-10)11(12)16/h3-6H,2,7-8H2,1H3,(H2,12,16). The van der Waals surface area contributed by atoms with Gasteiger partial charge in [-0.2, -0.15) is 0 Å². The number of nitrogens with two attached hydrogens (primary N) is 1. The van der Waals surface area contributed by atoms with Gasteiger partial charge in [-0.1, -0.05) is 19.1 Å². The second kappa shape index (κ2) is 5.97. The Morgan fingerprint density at radius 3 is 2.41 bits per heavy atom. The lowest BCUT2D eigenvalue weighted by molar-refractivity contribution is 0.341. The van der Waals surface area contributed by atoms with Gasteiger partial charge in [0.1, 0.15) is 17.3 Å². The van der Waals surface area contributed by atoms with Crippen LogP contribution in [0.2, 0.25) is 0 Å². The average molecular weight is 273 g/mol. The molecular formula is C11H15NO3S2. The molecule has 0 saturated heterocycles. The van der Waals surface area contributed by atoms with Crippen LogP contribution in [0, 0.1) is 0 Å². The Morgan fingerprint density at radius 2 is 1.94 bits per heavy atom. The van der Waals surface area contributed by atoms with Crippen molar-refractivity contribution in [3.05, 3.63) is 29.8 Å². The van der Waals surface area contributed by atoms with Crippen LogP contribution >= 0.6 is 12.2 Å². The van der Waals surface area contributed by atoms with Gasteiger partial charge < -0.3 is 10.5 Å². The zero-order chi connectivity index (χ0) is 12.9. The summed E-state index contributed by atoms with van der Waals surface area (Å²) >= 11 is 4.81. The highest BCUT2D eigenvalue weighted by Crippen LogP contribution is 2.12. The summed E-state index contributed by atoms with van der Waals surface area (Å²) in [5.41, 5.74) is 6.21. The molecule has 0 heterocycles. The fourth-order valence-corrected chi connectivity index (χ4v) is 1.91. The first-order chi connectivity index (χ1) is 7.94. The number of ether oxygens (including phenoxy) is 1. The van der Waals surface area contributed by atoms with Gasteiger partial charge in [-0.15, -0.1) is 0 Å². The molecule has 0 saturated carbocycles. The first kappa shape index (κ1) is 13.9. The smallest absolute Gasteiger partial charge is 0.153 e. The van der Waals surface area contributed by atoms with Crippen LogP contribution in [-0.4, -0.2) is 31.5 Å². The Hall–Kier alpha value is -1.14. The van der Waals surface area contributed by atoms with E-state index < -0.39 is 9.84 Å². The normalized spacial score (nSPS) is 11.1. The van der Waals surface area contributed by atoms with Crippen molar-refractivity contribution in [3.8, 4) is 5.75 Å². The van der Waals surface area contributed by atoms with Gasteiger partial charge in [-0.25, -0.2) is 8.42 Å². The molecule has 0 bridgehead atoms. The first-order valence-electron chi connectivity index (χ1n) is 5.17. The van der Waals surface area contributed by atoms with E-state index in [0.717, 1.165) is 5.56 Å². The molecule has 0 aliphatic rings. The predicted octanol–water partition coefficient (Wildman–Crippen LogP) is 1.13. The maximum atomic E-state index is 11.2. The molecule has 0 unspecified atom stereocenters. The van der Waals surface area contributed by atoms with Crippen molar-refractivity contribution < 1.29 is 13.2 Å². The summed E-state index contributed by atoms with van der Waals surface area (Å²) in [6.07, 6.45) is 0. The third-order valence-corrected chi connectivity index (χ3v) is 4.15. The van der Waals surface area contributed by atoms with Crippen molar-refractivity contribution in [2.24, 2.45) is 5.73 Å². The fourth-order valence-electron chi connectivity index (χ4n) is 1.15. The van der Waals surface area contributed by atoms with Gasteiger partial charge >= 0.3 is 0 Å². The second-order valence-corrected chi connectivity index (χ2v) is 6.39. The van der Waals surface area contributed by atoms with Crippen LogP contribution in [0.15, 0.2) is 24.3 Å². The van der Waals surface area contributed by atoms with E-state index in [1.54, 1.807) is 31.2 Å². The molecule has 0 spiro atoms. The second-order valence-electron chi connectivity index (χ2n) is 3.47. The molecule has 0 aromatic heterocycles. The minimum absolute atomic E-state index is 0.0283. The van der Waals surface area contributed by atoms with Gasteiger partial charge in [0.05, 0.1) is 5.75 Å². The third-order valence-electron chi connectivity index (χ3n) is 2.24. The van der Waals surface area contributed by atoms with Gasteiger partial charge in [0.25, 0.3) is 0 Å². The van der Waals surface area contributed by atoms with E-state index in [1.165, 1.54) is 0 Å². The summed E-state index contributed by atoms with van der Waals surface area (Å²) in [6, 6.07) is 6.91. The molecule has 0 radical (unpaired) electrons. The van der Waals surface area contributed by atoms with Crippen LogP contribution < -0.4 is 10.5 Å². The Balaban J connectivity index is 2.51. The molecule has 0 aliphatic heterocycles. The van der Waals surface area contributed by atoms with E-state index in [2.05, 4.69) is 0 Å². The lowest BCUT2D eigenvalue weighted by Gasteiger charge is -2.06. The molecule has 2 N–H and O–H groups in total. The van der Waals surface area contributed by atoms with E-state index in [0.29, 0.717) is 10.7 Å². The van der Waals surface area contributed by atoms with Crippen LogP contribution in [0.3, 0.4) is 0 Å². The van der Waals surface area contributed by atoms with Crippen LogP contribution in [0.5, 0.6) is 5.75 Å². The summed E-state index contributed by atoms with van der Waals surface area (Å²) in [4.78, 5) is 0.324. The monoisotopic (exact) mass is 273 g/mol. The summed E-state index contributed by atoms with van der Waals surface area (Å²) < 4.78 is 27.8. The molecule has 0 amide bonds. The minimum atomic E-state index is -2.98. The van der Waals surface area contributed by atoms with Crippen molar-refractivity contribution >= 4 is 27.0 Å². The van der Waals surface area contributed by atoms with Crippen molar-refractivity contribution in [2.75, 3.05) is 18.1 Å². The van der Waals surface area contributed by atoms with Crippen LogP contribution in [-0.2, 0) is 9.84 Å². The van der Waals surface area contributed by atoms with Crippen LogP contribution in [0.4, 0.5) is 0 Å². The van der Waals surface area contributed by atoms with Crippen LogP contribution in [0.25, 0.3) is 0 Å². The third kappa shape index (κ3) is 4.70. The molecule has 1 rings (SSSR count). The number of hydrogen-bond donors (Lipinski definition) is 1. The molecule has 94 valence electrons. The lowest BCUT2D eigenvalue weighted by atomic mass is 10.2. The Labute approximate surface area is 107 Å². The van der Waals surface area contributed by atoms with Gasteiger partial charge in [0.2, 0.25) is 0 Å². The Morgan fingerprint density at radius 1 is 1.35 bits per heavy atom. The number of sulfone groups is 1. The van der Waals surface area contributed by atoms with E-state index >= 15 is 0 Å². The molecule has 6 heteroatoms. The zero-order valence-corrected chi connectivity index (χ0v) is 11.2. The topological polar surface area (TPSA) is 69.4 Å². The molecule has 4 nitrogen and oxygen atoms in total. The Kier molecular flexibility index (Phi) is 4.89. The number of hydrogen-bond acceptors (Lipinski definition) is 4. The molecule has 0 aliphatic carbocycles. The van der Waals surface area contributed by atoms with Gasteiger partial charge in [-0.3, -0.25) is 0 Å². The van der Waals surface area contributed by atoms with E-state index in [1.807, 2.05) is 0 Å². The average Bonchev–Trinajstić information content (AvgIpc) is 2.29. The lowest BCUT2D eigenvalue weighted by Crippen LogP contribution is -2.15. The van der Waals surface area contributed by atoms with E-state index in [9.17, 15) is 8.42 Å². The number of thiocarbonyl (C=S) groups is 1. The molecule has 0 fully saturated rings. The molecule has 0 atom stereocenters. The molecule has 17 heavy (non-hydrogen) atoms. The fraction of sp³-hybridized carbons (Fsp3) is 0.364. The van der Waals surface area contributed by atoms with E-state index in [4.69, 9.17) is 22.7 Å². The van der Waals surface area contributed by atoms with Gasteiger partial charge in [0.15, 0.2) is 9.84 Å². The van der Waals surface area contributed by atoms with E-state index in [-0.39, 0.29) is 18.1 Å².